The van der Waals surface area contributed by atoms with Crippen LogP contribution in [-0.4, -0.2) is 43.2 Å². The fourth-order valence-electron chi connectivity index (χ4n) is 1.08. The number of amides is 2. The molecule has 4 nitrogen and oxygen atoms in total. The van der Waals surface area contributed by atoms with E-state index in [4.69, 9.17) is 11.6 Å². The highest BCUT2D eigenvalue weighted by Gasteiger charge is 2.09. The predicted octanol–water partition coefficient (Wildman–Crippen LogP) is 0.990. The summed E-state index contributed by atoms with van der Waals surface area (Å²) in [7, 11) is 3.30. The van der Waals surface area contributed by atoms with Crippen LogP contribution in [0.25, 0.3) is 0 Å². The molecule has 0 saturated heterocycles. The number of carbonyl (C=O) groups excluding carboxylic acids is 2. The van der Waals surface area contributed by atoms with E-state index >= 15 is 0 Å². The van der Waals surface area contributed by atoms with Crippen molar-refractivity contribution >= 4 is 23.4 Å². The van der Waals surface area contributed by atoms with Crippen LogP contribution in [0.4, 0.5) is 0 Å². The Kier molecular flexibility index (Phi) is 8.09. The van der Waals surface area contributed by atoms with E-state index in [9.17, 15) is 9.59 Å². The maximum absolute atomic E-state index is 11.5. The monoisotopic (exact) mass is 234 g/mol. The number of nitrogens with zero attached hydrogens (tertiary/aromatic N) is 1. The molecule has 0 unspecified atom stereocenters. The van der Waals surface area contributed by atoms with Crippen LogP contribution in [0.1, 0.15) is 25.7 Å². The molecule has 5 heteroatoms. The Hall–Kier alpha value is -0.770. The second-order valence-electron chi connectivity index (χ2n) is 3.38. The van der Waals surface area contributed by atoms with Crippen LogP contribution in [-0.2, 0) is 9.59 Å². The van der Waals surface area contributed by atoms with Crippen LogP contribution in [0.15, 0.2) is 0 Å². The van der Waals surface area contributed by atoms with Crippen molar-refractivity contribution in [3.05, 3.63) is 0 Å². The first-order chi connectivity index (χ1) is 7.11. The van der Waals surface area contributed by atoms with E-state index in [0.717, 1.165) is 12.8 Å². The highest BCUT2D eigenvalue weighted by molar-refractivity contribution is 6.17. The Morgan fingerprint density at radius 1 is 1.27 bits per heavy atom. The van der Waals surface area contributed by atoms with Gasteiger partial charge in [0.1, 0.15) is 0 Å². The summed E-state index contributed by atoms with van der Waals surface area (Å²) in [5.41, 5.74) is 0. The lowest BCUT2D eigenvalue weighted by Gasteiger charge is -2.16. The van der Waals surface area contributed by atoms with Crippen LogP contribution in [0.3, 0.4) is 0 Å². The van der Waals surface area contributed by atoms with Crippen LogP contribution in [0, 0.1) is 0 Å². The van der Waals surface area contributed by atoms with Crippen molar-refractivity contribution < 1.29 is 9.59 Å². The number of nitrogens with one attached hydrogen (secondary N) is 1. The maximum Gasteiger partial charge on any atom is 0.222 e. The van der Waals surface area contributed by atoms with Crippen molar-refractivity contribution in [2.24, 2.45) is 0 Å². The van der Waals surface area contributed by atoms with Crippen molar-refractivity contribution in [1.82, 2.24) is 10.2 Å². The summed E-state index contributed by atoms with van der Waals surface area (Å²) in [6.07, 6.45) is 2.54. The first-order valence-corrected chi connectivity index (χ1v) is 5.65. The Balaban J connectivity index is 3.64. The molecular formula is C10H19ClN2O2. The van der Waals surface area contributed by atoms with Crippen molar-refractivity contribution in [2.75, 3.05) is 26.5 Å². The summed E-state index contributed by atoms with van der Waals surface area (Å²) < 4.78 is 0. The number of unbranched alkanes of at least 4 members (excludes halogenated alkanes) is 1. The van der Waals surface area contributed by atoms with Gasteiger partial charge in [0.15, 0.2) is 0 Å². The predicted molar refractivity (Wildman–Crippen MR) is 60.9 cm³/mol. The lowest BCUT2D eigenvalue weighted by molar-refractivity contribution is -0.130. The number of halogens is 1. The van der Waals surface area contributed by atoms with Gasteiger partial charge in [0.05, 0.1) is 0 Å². The Morgan fingerprint density at radius 2 is 1.93 bits per heavy atom. The third kappa shape index (κ3) is 7.19. The van der Waals surface area contributed by atoms with E-state index in [0.29, 0.717) is 25.3 Å². The summed E-state index contributed by atoms with van der Waals surface area (Å²) >= 11 is 5.51. The summed E-state index contributed by atoms with van der Waals surface area (Å²) in [6.45, 7) is 0.472. The molecule has 0 spiro atoms. The molecule has 0 atom stereocenters. The topological polar surface area (TPSA) is 49.4 Å². The van der Waals surface area contributed by atoms with Gasteiger partial charge in [-0.1, -0.05) is 0 Å². The van der Waals surface area contributed by atoms with Crippen LogP contribution in [0.5, 0.6) is 0 Å². The van der Waals surface area contributed by atoms with Gasteiger partial charge in [0.25, 0.3) is 0 Å². The van der Waals surface area contributed by atoms with Gasteiger partial charge in [-0.2, -0.15) is 0 Å². The number of hydrogen-bond donors (Lipinski definition) is 1. The lowest BCUT2D eigenvalue weighted by atomic mass is 10.2. The molecule has 0 heterocycles. The molecule has 0 aliphatic rings. The van der Waals surface area contributed by atoms with E-state index in [1.807, 2.05) is 0 Å². The fourth-order valence-corrected chi connectivity index (χ4v) is 1.27. The van der Waals surface area contributed by atoms with E-state index < -0.39 is 0 Å². The zero-order valence-corrected chi connectivity index (χ0v) is 10.1. The van der Waals surface area contributed by atoms with E-state index in [1.54, 1.807) is 19.0 Å². The van der Waals surface area contributed by atoms with Gasteiger partial charge < -0.3 is 10.2 Å². The minimum Gasteiger partial charge on any atom is -0.359 e. The number of rotatable bonds is 7. The summed E-state index contributed by atoms with van der Waals surface area (Å²) in [5, 5.41) is 2.52. The van der Waals surface area contributed by atoms with Gasteiger partial charge in [-0.15, -0.1) is 11.6 Å². The second kappa shape index (κ2) is 8.53. The highest BCUT2D eigenvalue weighted by atomic mass is 35.5. The molecule has 88 valence electrons. The Morgan fingerprint density at radius 3 is 2.47 bits per heavy atom. The Bertz CT molecular complexity index is 210. The zero-order chi connectivity index (χ0) is 11.7. The van der Waals surface area contributed by atoms with Crippen molar-refractivity contribution in [1.29, 1.82) is 0 Å². The van der Waals surface area contributed by atoms with E-state index in [2.05, 4.69) is 5.32 Å². The number of carbonyl (C=O) groups is 2. The molecule has 2 amide bonds. The molecule has 0 radical (unpaired) electrons. The molecule has 1 N–H and O–H groups in total. The smallest absolute Gasteiger partial charge is 0.222 e. The van der Waals surface area contributed by atoms with Gasteiger partial charge in [-0.05, 0) is 12.8 Å². The molecule has 0 aromatic rings. The van der Waals surface area contributed by atoms with Crippen molar-refractivity contribution in [3.63, 3.8) is 0 Å². The molecule has 0 fully saturated rings. The molecule has 0 aromatic heterocycles. The largest absolute Gasteiger partial charge is 0.359 e. The van der Waals surface area contributed by atoms with Gasteiger partial charge in [-0.25, -0.2) is 0 Å². The minimum atomic E-state index is -0.0459. The van der Waals surface area contributed by atoms with Crippen molar-refractivity contribution in [3.8, 4) is 0 Å². The van der Waals surface area contributed by atoms with Gasteiger partial charge >= 0.3 is 0 Å². The quantitative estimate of drug-likeness (QED) is 0.528. The average molecular weight is 235 g/mol. The molecule has 0 saturated carbocycles. The summed E-state index contributed by atoms with van der Waals surface area (Å²) in [6, 6.07) is 0. The molecule has 0 aliphatic heterocycles. The number of hydrogen-bond acceptors (Lipinski definition) is 2. The molecule has 0 bridgehead atoms. The van der Waals surface area contributed by atoms with Crippen LogP contribution in [0.2, 0.25) is 0 Å². The number of alkyl halides is 1. The normalized spacial score (nSPS) is 9.80. The molecule has 0 aliphatic carbocycles. The first-order valence-electron chi connectivity index (χ1n) is 5.12. The summed E-state index contributed by atoms with van der Waals surface area (Å²) in [4.78, 5) is 24.0. The second-order valence-corrected chi connectivity index (χ2v) is 3.76. The minimum absolute atomic E-state index is 0.0459. The van der Waals surface area contributed by atoms with Crippen LogP contribution >= 0.6 is 11.6 Å². The molecule has 0 rings (SSSR count). The fraction of sp³-hybridized carbons (Fsp3) is 0.800. The average Bonchev–Trinajstić information content (AvgIpc) is 2.25. The van der Waals surface area contributed by atoms with E-state index in [1.165, 1.54) is 0 Å². The summed E-state index contributed by atoms with van der Waals surface area (Å²) in [5.74, 6) is 0.620. The lowest BCUT2D eigenvalue weighted by Crippen LogP contribution is -2.31. The molecule has 0 aromatic carbocycles. The first kappa shape index (κ1) is 14.2. The van der Waals surface area contributed by atoms with Gasteiger partial charge in [-0.3, -0.25) is 9.59 Å². The SMILES string of the molecule is CNC(=O)CCN(C)C(=O)CCCCCl. The third-order valence-corrected chi connectivity index (χ3v) is 2.42. The van der Waals surface area contributed by atoms with Gasteiger partial charge in [0, 0.05) is 39.4 Å². The highest BCUT2D eigenvalue weighted by Crippen LogP contribution is 2.01. The molecular weight excluding hydrogens is 216 g/mol. The standard InChI is InChI=1S/C10H19ClN2O2/c1-12-9(14)6-8-13(2)10(15)5-3-4-7-11/h3-8H2,1-2H3,(H,12,14). The zero-order valence-electron chi connectivity index (χ0n) is 9.38. The van der Waals surface area contributed by atoms with Crippen molar-refractivity contribution in [2.45, 2.75) is 25.7 Å². The maximum atomic E-state index is 11.5. The third-order valence-electron chi connectivity index (χ3n) is 2.15. The van der Waals surface area contributed by atoms with Gasteiger partial charge in [0.2, 0.25) is 11.8 Å². The van der Waals surface area contributed by atoms with Crippen LogP contribution < -0.4 is 5.32 Å². The Labute approximate surface area is 96.0 Å². The van der Waals surface area contributed by atoms with E-state index in [-0.39, 0.29) is 11.8 Å². The molecule has 15 heavy (non-hydrogen) atoms.